The lowest BCUT2D eigenvalue weighted by molar-refractivity contribution is -0.158. The third-order valence-electron chi connectivity index (χ3n) is 5.26. The van der Waals surface area contributed by atoms with E-state index in [9.17, 15) is 13.2 Å². The minimum absolute atomic E-state index is 0.132. The zero-order chi connectivity index (χ0) is 18.5. The van der Waals surface area contributed by atoms with E-state index in [1.54, 1.807) is 24.3 Å². The number of benzene rings is 1. The quantitative estimate of drug-likeness (QED) is 0.750. The van der Waals surface area contributed by atoms with Crippen LogP contribution in [0.1, 0.15) is 58.4 Å². The highest BCUT2D eigenvalue weighted by Crippen LogP contribution is 2.52. The van der Waals surface area contributed by atoms with Crippen LogP contribution in [0.3, 0.4) is 0 Å². The second-order valence-electron chi connectivity index (χ2n) is 7.97. The molecule has 0 aromatic heterocycles. The van der Waals surface area contributed by atoms with Gasteiger partial charge in [-0.05, 0) is 45.7 Å². The summed E-state index contributed by atoms with van der Waals surface area (Å²) in [4.78, 5) is 12.9. The van der Waals surface area contributed by atoms with Crippen LogP contribution in [0.2, 0.25) is 0 Å². The molecule has 0 amide bonds. The van der Waals surface area contributed by atoms with E-state index in [1.807, 2.05) is 20.8 Å². The first kappa shape index (κ1) is 18.4. The molecule has 3 rings (SSSR count). The molecule has 2 heterocycles. The fraction of sp³-hybridized carbons (Fsp3) is 0.632. The van der Waals surface area contributed by atoms with E-state index in [-0.39, 0.29) is 10.9 Å². The SMILES string of the molecule is CCCCC1CC2(CC(C)(C)OC2=O)N1S(=O)(=O)c1ccc(C)cc1. The maximum absolute atomic E-state index is 13.3. The Balaban J connectivity index is 2.00. The highest BCUT2D eigenvalue weighted by molar-refractivity contribution is 7.89. The van der Waals surface area contributed by atoms with E-state index in [4.69, 9.17) is 4.74 Å². The van der Waals surface area contributed by atoms with Gasteiger partial charge in [0.1, 0.15) is 11.1 Å². The Bertz CT molecular complexity index is 769. The lowest BCUT2D eigenvalue weighted by Crippen LogP contribution is -2.70. The molecule has 0 saturated carbocycles. The number of hydrogen-bond donors (Lipinski definition) is 0. The van der Waals surface area contributed by atoms with Crippen LogP contribution in [0, 0.1) is 6.92 Å². The van der Waals surface area contributed by atoms with Crippen LogP contribution in [0.4, 0.5) is 0 Å². The van der Waals surface area contributed by atoms with Gasteiger partial charge in [0, 0.05) is 12.5 Å². The topological polar surface area (TPSA) is 63.7 Å². The molecule has 0 radical (unpaired) electrons. The Hall–Kier alpha value is -1.40. The first-order valence-corrected chi connectivity index (χ1v) is 10.4. The molecule has 2 aliphatic heterocycles. The molecule has 138 valence electrons. The van der Waals surface area contributed by atoms with Gasteiger partial charge in [-0.3, -0.25) is 0 Å². The van der Waals surface area contributed by atoms with E-state index >= 15 is 0 Å². The van der Waals surface area contributed by atoms with Gasteiger partial charge in [0.25, 0.3) is 0 Å². The predicted molar refractivity (Wildman–Crippen MR) is 95.7 cm³/mol. The highest BCUT2D eigenvalue weighted by Gasteiger charge is 2.68. The molecule has 1 aromatic rings. The van der Waals surface area contributed by atoms with Crippen molar-refractivity contribution in [2.45, 2.75) is 81.9 Å². The second kappa shape index (κ2) is 6.09. The zero-order valence-electron chi connectivity index (χ0n) is 15.4. The lowest BCUT2D eigenvalue weighted by atomic mass is 9.75. The van der Waals surface area contributed by atoms with Crippen molar-refractivity contribution in [1.29, 1.82) is 0 Å². The van der Waals surface area contributed by atoms with Crippen LogP contribution in [-0.2, 0) is 19.6 Å². The number of unbranched alkanes of at least 4 members (excludes halogenated alkanes) is 1. The molecule has 0 N–H and O–H groups in total. The Kier molecular flexibility index (Phi) is 4.48. The van der Waals surface area contributed by atoms with Crippen molar-refractivity contribution >= 4 is 16.0 Å². The summed E-state index contributed by atoms with van der Waals surface area (Å²) in [7, 11) is -3.74. The molecule has 2 atom stereocenters. The first-order valence-electron chi connectivity index (χ1n) is 8.97. The largest absolute Gasteiger partial charge is 0.458 e. The second-order valence-corrected chi connectivity index (χ2v) is 9.79. The van der Waals surface area contributed by atoms with Crippen molar-refractivity contribution in [3.63, 3.8) is 0 Å². The van der Waals surface area contributed by atoms with Gasteiger partial charge in [-0.25, -0.2) is 13.2 Å². The maximum atomic E-state index is 13.3. The van der Waals surface area contributed by atoms with Crippen LogP contribution in [-0.4, -0.2) is 35.9 Å². The summed E-state index contributed by atoms with van der Waals surface area (Å²) in [5, 5.41) is 0. The molecule has 5 nitrogen and oxygen atoms in total. The van der Waals surface area contributed by atoms with E-state index in [0.717, 1.165) is 24.8 Å². The van der Waals surface area contributed by atoms with Crippen LogP contribution < -0.4 is 0 Å². The summed E-state index contributed by atoms with van der Waals surface area (Å²) in [6.07, 6.45) is 3.68. The van der Waals surface area contributed by atoms with Gasteiger partial charge >= 0.3 is 5.97 Å². The number of esters is 1. The smallest absolute Gasteiger partial charge is 0.328 e. The molecule has 25 heavy (non-hydrogen) atoms. The Morgan fingerprint density at radius 2 is 1.88 bits per heavy atom. The molecular weight excluding hydrogens is 338 g/mol. The van der Waals surface area contributed by atoms with E-state index in [0.29, 0.717) is 12.8 Å². The van der Waals surface area contributed by atoms with Crippen LogP contribution in [0.25, 0.3) is 0 Å². The number of aryl methyl sites for hydroxylation is 1. The average Bonchev–Trinajstić information content (AvgIpc) is 2.74. The van der Waals surface area contributed by atoms with Crippen molar-refractivity contribution in [1.82, 2.24) is 4.31 Å². The fourth-order valence-electron chi connectivity index (χ4n) is 4.19. The number of nitrogens with zero attached hydrogens (tertiary/aromatic N) is 1. The van der Waals surface area contributed by atoms with E-state index in [2.05, 4.69) is 6.92 Å². The van der Waals surface area contributed by atoms with Crippen LogP contribution in [0.5, 0.6) is 0 Å². The number of ether oxygens (including phenoxy) is 1. The van der Waals surface area contributed by atoms with Gasteiger partial charge in [0.15, 0.2) is 0 Å². The normalized spacial score (nSPS) is 28.8. The summed E-state index contributed by atoms with van der Waals surface area (Å²) in [6.45, 7) is 7.69. The van der Waals surface area contributed by atoms with Crippen LogP contribution >= 0.6 is 0 Å². The molecule has 2 unspecified atom stereocenters. The molecule has 1 spiro atoms. The van der Waals surface area contributed by atoms with Crippen molar-refractivity contribution in [2.24, 2.45) is 0 Å². The lowest BCUT2D eigenvalue weighted by Gasteiger charge is -2.52. The van der Waals surface area contributed by atoms with Gasteiger partial charge in [0.2, 0.25) is 10.0 Å². The molecule has 0 bridgehead atoms. The third kappa shape index (κ3) is 2.99. The Labute approximate surface area is 150 Å². The number of carbonyl (C=O) groups is 1. The molecule has 2 saturated heterocycles. The van der Waals surface area contributed by atoms with Crippen molar-refractivity contribution < 1.29 is 17.9 Å². The minimum atomic E-state index is -3.74. The Morgan fingerprint density at radius 3 is 2.40 bits per heavy atom. The van der Waals surface area contributed by atoms with Gasteiger partial charge in [-0.2, -0.15) is 4.31 Å². The molecule has 2 aliphatic rings. The summed E-state index contributed by atoms with van der Waals surface area (Å²) in [6, 6.07) is 6.69. The molecule has 0 aliphatic carbocycles. The minimum Gasteiger partial charge on any atom is -0.458 e. The monoisotopic (exact) mass is 365 g/mol. The number of carbonyl (C=O) groups excluding carboxylic acids is 1. The third-order valence-corrected chi connectivity index (χ3v) is 7.30. The molecule has 1 aromatic carbocycles. The standard InChI is InChI=1S/C19H27NO4S/c1-5-6-7-15-12-19(13-18(3,4)24-17(19)21)20(15)25(22,23)16-10-8-14(2)9-11-16/h8-11,15H,5-7,12-13H2,1-4H3. The molecular formula is C19H27NO4S. The summed E-state index contributed by atoms with van der Waals surface area (Å²) in [5.41, 5.74) is -0.666. The Morgan fingerprint density at radius 1 is 1.24 bits per heavy atom. The van der Waals surface area contributed by atoms with Crippen molar-refractivity contribution in [3.8, 4) is 0 Å². The summed E-state index contributed by atoms with van der Waals surface area (Å²) in [5.74, 6) is -0.402. The number of rotatable bonds is 5. The number of cyclic esters (lactones) is 1. The van der Waals surface area contributed by atoms with Crippen molar-refractivity contribution in [3.05, 3.63) is 29.8 Å². The predicted octanol–water partition coefficient (Wildman–Crippen LogP) is 3.41. The van der Waals surface area contributed by atoms with Gasteiger partial charge in [0.05, 0.1) is 4.90 Å². The van der Waals surface area contributed by atoms with E-state index < -0.39 is 27.1 Å². The van der Waals surface area contributed by atoms with E-state index in [1.165, 1.54) is 4.31 Å². The van der Waals surface area contributed by atoms with Crippen LogP contribution in [0.15, 0.2) is 29.2 Å². The number of sulfonamides is 1. The zero-order valence-corrected chi connectivity index (χ0v) is 16.2. The van der Waals surface area contributed by atoms with Gasteiger partial charge in [-0.15, -0.1) is 0 Å². The van der Waals surface area contributed by atoms with Gasteiger partial charge in [-0.1, -0.05) is 37.5 Å². The van der Waals surface area contributed by atoms with Gasteiger partial charge < -0.3 is 4.74 Å². The number of hydrogen-bond acceptors (Lipinski definition) is 4. The summed E-state index contributed by atoms with van der Waals surface area (Å²) >= 11 is 0. The highest BCUT2D eigenvalue weighted by atomic mass is 32.2. The fourth-order valence-corrected chi connectivity index (χ4v) is 6.14. The first-order chi connectivity index (χ1) is 11.6. The molecule has 2 fully saturated rings. The summed E-state index contributed by atoms with van der Waals surface area (Å²) < 4.78 is 33.6. The molecule has 6 heteroatoms. The van der Waals surface area contributed by atoms with Crippen molar-refractivity contribution in [2.75, 3.05) is 0 Å². The average molecular weight is 365 g/mol. The maximum Gasteiger partial charge on any atom is 0.328 e.